The molecule has 0 aliphatic carbocycles. The molecular formula is C13H22O8S. The Balaban J connectivity index is 1.87. The van der Waals surface area contributed by atoms with Crippen molar-refractivity contribution in [2.75, 3.05) is 12.4 Å². The van der Waals surface area contributed by atoms with E-state index in [1.54, 1.807) is 27.7 Å². The maximum Gasteiger partial charge on any atom is 0.265 e. The van der Waals surface area contributed by atoms with Crippen LogP contribution in [-0.2, 0) is 33.8 Å². The molecule has 0 spiro atoms. The van der Waals surface area contributed by atoms with Gasteiger partial charge in [0, 0.05) is 6.42 Å². The molecule has 3 aliphatic rings. The van der Waals surface area contributed by atoms with E-state index in [1.807, 2.05) is 0 Å². The molecular weight excluding hydrogens is 316 g/mol. The lowest BCUT2D eigenvalue weighted by atomic mass is 9.95. The van der Waals surface area contributed by atoms with Gasteiger partial charge in [0.1, 0.15) is 18.3 Å². The zero-order valence-electron chi connectivity index (χ0n) is 13.1. The van der Waals surface area contributed by atoms with Gasteiger partial charge in [-0.05, 0) is 27.7 Å². The maximum atomic E-state index is 11.1. The summed E-state index contributed by atoms with van der Waals surface area (Å²) in [6.45, 7) is 7.24. The van der Waals surface area contributed by atoms with E-state index in [4.69, 9.17) is 28.2 Å². The third kappa shape index (κ3) is 3.03. The number of ether oxygens (including phenoxy) is 5. The largest absolute Gasteiger partial charge is 0.344 e. The molecule has 1 N–H and O–H groups in total. The van der Waals surface area contributed by atoms with Gasteiger partial charge < -0.3 is 23.7 Å². The van der Waals surface area contributed by atoms with Gasteiger partial charge in [-0.3, -0.25) is 4.55 Å². The summed E-state index contributed by atoms with van der Waals surface area (Å²) in [7, 11) is -4.14. The summed E-state index contributed by atoms with van der Waals surface area (Å²) in [5.41, 5.74) is 0. The van der Waals surface area contributed by atoms with E-state index in [2.05, 4.69) is 0 Å². The van der Waals surface area contributed by atoms with Crippen molar-refractivity contribution in [2.24, 2.45) is 0 Å². The third-order valence-electron chi connectivity index (χ3n) is 3.98. The lowest BCUT2D eigenvalue weighted by Gasteiger charge is -2.40. The molecule has 0 unspecified atom stereocenters. The van der Waals surface area contributed by atoms with Crippen molar-refractivity contribution < 1.29 is 36.7 Å². The molecule has 3 fully saturated rings. The standard InChI is InChI=1S/C13H22O8S/c1-11(2)18-8-7-17-13(5-6-22(14,15)16)10(9(8)19-11)20-12(3,4)21-13/h8-10H,5-7H2,1-4H3,(H,14,15,16)/t8-,9-,10+,13+/m1/s1. The van der Waals surface area contributed by atoms with E-state index in [0.29, 0.717) is 0 Å². The zero-order chi connectivity index (χ0) is 16.4. The second-order valence-electron chi connectivity index (χ2n) is 6.84. The van der Waals surface area contributed by atoms with Crippen LogP contribution in [0.3, 0.4) is 0 Å². The van der Waals surface area contributed by atoms with Crippen LogP contribution in [0.4, 0.5) is 0 Å². The van der Waals surface area contributed by atoms with Crippen LogP contribution in [0, 0.1) is 0 Å². The number of hydrogen-bond acceptors (Lipinski definition) is 7. The highest BCUT2D eigenvalue weighted by atomic mass is 32.2. The Kier molecular flexibility index (Phi) is 3.65. The Labute approximate surface area is 129 Å². The zero-order valence-corrected chi connectivity index (χ0v) is 13.9. The Morgan fingerprint density at radius 1 is 1.09 bits per heavy atom. The minimum absolute atomic E-state index is 0.0487. The molecule has 0 aromatic carbocycles. The first kappa shape index (κ1) is 16.6. The average molecular weight is 338 g/mol. The smallest absolute Gasteiger partial charge is 0.265 e. The van der Waals surface area contributed by atoms with Gasteiger partial charge in [0.05, 0.1) is 12.4 Å². The molecule has 0 radical (unpaired) electrons. The van der Waals surface area contributed by atoms with Crippen molar-refractivity contribution in [2.45, 2.75) is 69.8 Å². The van der Waals surface area contributed by atoms with Crippen LogP contribution in [0.25, 0.3) is 0 Å². The number of rotatable bonds is 3. The second-order valence-corrected chi connectivity index (χ2v) is 8.41. The molecule has 3 heterocycles. The highest BCUT2D eigenvalue weighted by Gasteiger charge is 2.65. The first-order valence-corrected chi connectivity index (χ1v) is 8.85. The third-order valence-corrected chi connectivity index (χ3v) is 4.70. The number of hydrogen-bond donors (Lipinski definition) is 1. The average Bonchev–Trinajstić information content (AvgIpc) is 2.78. The Morgan fingerprint density at radius 2 is 1.77 bits per heavy atom. The van der Waals surface area contributed by atoms with Crippen LogP contribution < -0.4 is 0 Å². The topological polar surface area (TPSA) is 101 Å². The minimum Gasteiger partial charge on any atom is -0.344 e. The fourth-order valence-corrected chi connectivity index (χ4v) is 3.87. The van der Waals surface area contributed by atoms with E-state index in [-0.39, 0.29) is 19.1 Å². The lowest BCUT2D eigenvalue weighted by molar-refractivity contribution is -0.281. The van der Waals surface area contributed by atoms with E-state index in [1.165, 1.54) is 0 Å². The number of fused-ring (bicyclic) bond motifs is 3. The van der Waals surface area contributed by atoms with Gasteiger partial charge in [0.25, 0.3) is 10.1 Å². The fourth-order valence-electron chi connectivity index (χ4n) is 3.33. The van der Waals surface area contributed by atoms with E-state index < -0.39 is 45.4 Å². The summed E-state index contributed by atoms with van der Waals surface area (Å²) < 4.78 is 60.5. The summed E-state index contributed by atoms with van der Waals surface area (Å²) in [5, 5.41) is 0. The van der Waals surface area contributed by atoms with E-state index in [0.717, 1.165) is 0 Å². The Bertz CT molecular complexity index is 556. The van der Waals surface area contributed by atoms with Crippen LogP contribution in [-0.4, -0.2) is 61.0 Å². The molecule has 0 amide bonds. The lowest BCUT2D eigenvalue weighted by Crippen LogP contribution is -2.58. The van der Waals surface area contributed by atoms with Crippen LogP contribution >= 0.6 is 0 Å². The summed E-state index contributed by atoms with van der Waals surface area (Å²) >= 11 is 0. The van der Waals surface area contributed by atoms with Crippen molar-refractivity contribution in [3.8, 4) is 0 Å². The van der Waals surface area contributed by atoms with Gasteiger partial charge in [-0.2, -0.15) is 8.42 Å². The summed E-state index contributed by atoms with van der Waals surface area (Å²) in [4.78, 5) is 0. The van der Waals surface area contributed by atoms with Gasteiger partial charge in [-0.15, -0.1) is 0 Å². The van der Waals surface area contributed by atoms with Crippen LogP contribution in [0.15, 0.2) is 0 Å². The minimum atomic E-state index is -4.14. The molecule has 4 atom stereocenters. The van der Waals surface area contributed by atoms with Crippen molar-refractivity contribution in [3.05, 3.63) is 0 Å². The summed E-state index contributed by atoms with van der Waals surface area (Å²) in [5.74, 6) is -3.47. The van der Waals surface area contributed by atoms with Gasteiger partial charge in [-0.1, -0.05) is 0 Å². The first-order chi connectivity index (χ1) is 9.92. The van der Waals surface area contributed by atoms with Gasteiger partial charge in [0.2, 0.25) is 5.79 Å². The SMILES string of the molecule is CC1(C)O[C@@H]2[C@@H](CO[C@@]3(CCS(=O)(=O)O)OC(C)(C)O[C@@H]23)O1. The molecule has 0 bridgehead atoms. The van der Waals surface area contributed by atoms with Gasteiger partial charge >= 0.3 is 0 Å². The quantitative estimate of drug-likeness (QED) is 0.749. The molecule has 0 aromatic rings. The molecule has 0 saturated carbocycles. The van der Waals surface area contributed by atoms with Crippen LogP contribution in [0.5, 0.6) is 0 Å². The molecule has 128 valence electrons. The van der Waals surface area contributed by atoms with E-state index >= 15 is 0 Å². The van der Waals surface area contributed by atoms with Crippen molar-refractivity contribution in [3.63, 3.8) is 0 Å². The molecule has 9 heteroatoms. The molecule has 22 heavy (non-hydrogen) atoms. The first-order valence-electron chi connectivity index (χ1n) is 7.24. The van der Waals surface area contributed by atoms with Gasteiger partial charge in [0.15, 0.2) is 11.6 Å². The molecule has 3 rings (SSSR count). The normalized spacial score (nSPS) is 42.9. The fraction of sp³-hybridized carbons (Fsp3) is 1.00. The van der Waals surface area contributed by atoms with E-state index in [9.17, 15) is 8.42 Å². The predicted octanol–water partition coefficient (Wildman–Crippen LogP) is 0.662. The maximum absolute atomic E-state index is 11.1. The van der Waals surface area contributed by atoms with Crippen molar-refractivity contribution in [1.29, 1.82) is 0 Å². The molecule has 3 saturated heterocycles. The summed E-state index contributed by atoms with van der Waals surface area (Å²) in [6, 6.07) is 0. The monoisotopic (exact) mass is 338 g/mol. The van der Waals surface area contributed by atoms with Crippen molar-refractivity contribution in [1.82, 2.24) is 0 Å². The highest BCUT2D eigenvalue weighted by Crippen LogP contribution is 2.48. The Morgan fingerprint density at radius 3 is 2.41 bits per heavy atom. The molecule has 3 aliphatic heterocycles. The molecule has 0 aromatic heterocycles. The van der Waals surface area contributed by atoms with Crippen molar-refractivity contribution >= 4 is 10.1 Å². The summed E-state index contributed by atoms with van der Waals surface area (Å²) in [6.07, 6.45) is -1.42. The predicted molar refractivity (Wildman–Crippen MR) is 73.6 cm³/mol. The highest BCUT2D eigenvalue weighted by molar-refractivity contribution is 7.85. The Hall–Kier alpha value is -0.290. The molecule has 8 nitrogen and oxygen atoms in total. The van der Waals surface area contributed by atoms with Crippen LogP contribution in [0.1, 0.15) is 34.1 Å². The second kappa shape index (κ2) is 4.85. The van der Waals surface area contributed by atoms with Crippen LogP contribution in [0.2, 0.25) is 0 Å². The van der Waals surface area contributed by atoms with Gasteiger partial charge in [-0.25, -0.2) is 0 Å².